The van der Waals surface area contributed by atoms with Gasteiger partial charge in [0.15, 0.2) is 0 Å². The molecule has 1 saturated carbocycles. The Labute approximate surface area is 129 Å². The van der Waals surface area contributed by atoms with Gasteiger partial charge in [-0.2, -0.15) is 0 Å². The molecule has 0 spiro atoms. The standard InChI is InChI=1S/C17H30N4/c1-14(17-15(2)19-11-12-20-17)18-10-7-13-21(3)16-8-5-4-6-9-16/h11-12,14,16,18H,4-10,13H2,1-3H3. The van der Waals surface area contributed by atoms with E-state index in [0.29, 0.717) is 0 Å². The van der Waals surface area contributed by atoms with Crippen LogP contribution in [0.2, 0.25) is 0 Å². The Hall–Kier alpha value is -1.00. The van der Waals surface area contributed by atoms with Crippen molar-refractivity contribution in [1.82, 2.24) is 20.2 Å². The lowest BCUT2D eigenvalue weighted by atomic mass is 9.94. The third kappa shape index (κ3) is 5.04. The van der Waals surface area contributed by atoms with Crippen LogP contribution >= 0.6 is 0 Å². The largest absolute Gasteiger partial charge is 0.309 e. The summed E-state index contributed by atoms with van der Waals surface area (Å²) in [4.78, 5) is 11.3. The number of aromatic nitrogens is 2. The number of aryl methyl sites for hydroxylation is 1. The van der Waals surface area contributed by atoms with E-state index in [9.17, 15) is 0 Å². The minimum absolute atomic E-state index is 0.277. The molecule has 1 aromatic rings. The van der Waals surface area contributed by atoms with Gasteiger partial charge in [0.25, 0.3) is 0 Å². The zero-order chi connectivity index (χ0) is 15.1. The van der Waals surface area contributed by atoms with Gasteiger partial charge >= 0.3 is 0 Å². The molecule has 0 bridgehead atoms. The second-order valence-electron chi connectivity index (χ2n) is 6.33. The van der Waals surface area contributed by atoms with Crippen molar-refractivity contribution >= 4 is 0 Å². The van der Waals surface area contributed by atoms with Gasteiger partial charge in [-0.1, -0.05) is 19.3 Å². The topological polar surface area (TPSA) is 41.1 Å². The maximum atomic E-state index is 4.43. The van der Waals surface area contributed by atoms with E-state index in [2.05, 4.69) is 34.2 Å². The van der Waals surface area contributed by atoms with Crippen LogP contribution in [0.1, 0.15) is 62.9 Å². The normalized spacial score (nSPS) is 18.1. The minimum atomic E-state index is 0.277. The first-order valence-corrected chi connectivity index (χ1v) is 8.39. The monoisotopic (exact) mass is 290 g/mol. The molecule has 2 rings (SSSR count). The molecule has 4 heteroatoms. The highest BCUT2D eigenvalue weighted by molar-refractivity contribution is 5.12. The molecule has 1 unspecified atom stereocenters. The molecule has 4 nitrogen and oxygen atoms in total. The molecule has 0 saturated heterocycles. The SMILES string of the molecule is Cc1nccnc1C(C)NCCCN(C)C1CCCCC1. The Balaban J connectivity index is 1.66. The van der Waals surface area contributed by atoms with Crippen LogP contribution in [0.5, 0.6) is 0 Å². The van der Waals surface area contributed by atoms with Crippen LogP contribution in [-0.4, -0.2) is 41.0 Å². The van der Waals surface area contributed by atoms with Gasteiger partial charge in [-0.3, -0.25) is 9.97 Å². The van der Waals surface area contributed by atoms with Gasteiger partial charge in [-0.05, 0) is 53.2 Å². The summed E-state index contributed by atoms with van der Waals surface area (Å²) < 4.78 is 0. The first-order valence-electron chi connectivity index (χ1n) is 8.39. The van der Waals surface area contributed by atoms with Crippen LogP contribution in [0.25, 0.3) is 0 Å². The van der Waals surface area contributed by atoms with E-state index in [-0.39, 0.29) is 6.04 Å². The molecule has 1 aliphatic carbocycles. The zero-order valence-electron chi connectivity index (χ0n) is 13.8. The highest BCUT2D eigenvalue weighted by atomic mass is 15.1. The molecule has 0 radical (unpaired) electrons. The molecular formula is C17H30N4. The highest BCUT2D eigenvalue weighted by Crippen LogP contribution is 2.21. The Kier molecular flexibility index (Phi) is 6.58. The van der Waals surface area contributed by atoms with Gasteiger partial charge in [0.2, 0.25) is 0 Å². The number of hydrogen-bond acceptors (Lipinski definition) is 4. The van der Waals surface area contributed by atoms with Crippen molar-refractivity contribution < 1.29 is 0 Å². The Morgan fingerprint density at radius 3 is 2.67 bits per heavy atom. The van der Waals surface area contributed by atoms with Gasteiger partial charge in [-0.25, -0.2) is 0 Å². The van der Waals surface area contributed by atoms with E-state index in [4.69, 9.17) is 0 Å². The summed E-state index contributed by atoms with van der Waals surface area (Å²) >= 11 is 0. The number of nitrogens with one attached hydrogen (secondary N) is 1. The lowest BCUT2D eigenvalue weighted by Gasteiger charge is -2.31. The van der Waals surface area contributed by atoms with Crippen LogP contribution < -0.4 is 5.32 Å². The van der Waals surface area contributed by atoms with Crippen molar-refractivity contribution in [2.45, 2.75) is 64.5 Å². The Bertz CT molecular complexity index is 415. The predicted octanol–water partition coefficient (Wildman–Crippen LogP) is 3.09. The van der Waals surface area contributed by atoms with E-state index in [1.165, 1.54) is 45.1 Å². The first kappa shape index (κ1) is 16.4. The van der Waals surface area contributed by atoms with Gasteiger partial charge < -0.3 is 10.2 Å². The van der Waals surface area contributed by atoms with Crippen molar-refractivity contribution in [3.63, 3.8) is 0 Å². The smallest absolute Gasteiger partial charge is 0.0782 e. The second kappa shape index (κ2) is 8.44. The third-order valence-corrected chi connectivity index (χ3v) is 4.67. The first-order chi connectivity index (χ1) is 10.2. The lowest BCUT2D eigenvalue weighted by molar-refractivity contribution is 0.189. The second-order valence-corrected chi connectivity index (χ2v) is 6.33. The van der Waals surface area contributed by atoms with Crippen LogP contribution in [0, 0.1) is 6.92 Å². The molecule has 1 fully saturated rings. The van der Waals surface area contributed by atoms with Crippen LogP contribution in [-0.2, 0) is 0 Å². The van der Waals surface area contributed by atoms with Gasteiger partial charge in [0, 0.05) is 24.5 Å². The lowest BCUT2D eigenvalue weighted by Crippen LogP contribution is -2.35. The van der Waals surface area contributed by atoms with E-state index < -0.39 is 0 Å². The van der Waals surface area contributed by atoms with Crippen molar-refractivity contribution in [3.05, 3.63) is 23.8 Å². The molecule has 118 valence electrons. The fourth-order valence-corrected chi connectivity index (χ4v) is 3.29. The predicted molar refractivity (Wildman–Crippen MR) is 87.3 cm³/mol. The minimum Gasteiger partial charge on any atom is -0.309 e. The van der Waals surface area contributed by atoms with Crippen LogP contribution in [0.4, 0.5) is 0 Å². The summed E-state index contributed by atoms with van der Waals surface area (Å²) in [5.41, 5.74) is 2.09. The fraction of sp³-hybridized carbons (Fsp3) is 0.765. The number of nitrogens with zero attached hydrogens (tertiary/aromatic N) is 3. The average molecular weight is 290 g/mol. The molecule has 1 aromatic heterocycles. The van der Waals surface area contributed by atoms with E-state index in [1.807, 2.05) is 6.92 Å². The van der Waals surface area contributed by atoms with E-state index in [0.717, 1.165) is 24.0 Å². The molecule has 1 atom stereocenters. The van der Waals surface area contributed by atoms with Crippen LogP contribution in [0.3, 0.4) is 0 Å². The summed E-state index contributed by atoms with van der Waals surface area (Å²) in [7, 11) is 2.28. The van der Waals surface area contributed by atoms with E-state index >= 15 is 0 Å². The molecule has 21 heavy (non-hydrogen) atoms. The third-order valence-electron chi connectivity index (χ3n) is 4.67. The molecule has 1 N–H and O–H groups in total. The molecule has 1 heterocycles. The van der Waals surface area contributed by atoms with Crippen molar-refractivity contribution in [2.24, 2.45) is 0 Å². The molecule has 0 aromatic carbocycles. The molecule has 0 amide bonds. The molecular weight excluding hydrogens is 260 g/mol. The van der Waals surface area contributed by atoms with Gasteiger partial charge in [-0.15, -0.1) is 0 Å². The maximum absolute atomic E-state index is 4.43. The van der Waals surface area contributed by atoms with E-state index in [1.54, 1.807) is 12.4 Å². The van der Waals surface area contributed by atoms with Crippen molar-refractivity contribution in [3.8, 4) is 0 Å². The summed E-state index contributed by atoms with van der Waals surface area (Å²) in [5, 5.41) is 3.57. The Morgan fingerprint density at radius 2 is 1.95 bits per heavy atom. The summed E-state index contributed by atoms with van der Waals surface area (Å²) in [5.74, 6) is 0. The summed E-state index contributed by atoms with van der Waals surface area (Å²) in [6.07, 6.45) is 11.8. The van der Waals surface area contributed by atoms with Crippen molar-refractivity contribution in [2.75, 3.05) is 20.1 Å². The molecule has 1 aliphatic rings. The molecule has 0 aliphatic heterocycles. The number of rotatable bonds is 7. The maximum Gasteiger partial charge on any atom is 0.0782 e. The van der Waals surface area contributed by atoms with Gasteiger partial charge in [0.05, 0.1) is 11.4 Å². The zero-order valence-corrected chi connectivity index (χ0v) is 13.8. The quantitative estimate of drug-likeness (QED) is 0.784. The van der Waals surface area contributed by atoms with Gasteiger partial charge in [0.1, 0.15) is 0 Å². The summed E-state index contributed by atoms with van der Waals surface area (Å²) in [6.45, 7) is 6.41. The van der Waals surface area contributed by atoms with Crippen LogP contribution in [0.15, 0.2) is 12.4 Å². The fourth-order valence-electron chi connectivity index (χ4n) is 3.29. The number of hydrogen-bond donors (Lipinski definition) is 1. The Morgan fingerprint density at radius 1 is 1.24 bits per heavy atom. The average Bonchev–Trinajstić information content (AvgIpc) is 2.52. The summed E-state index contributed by atoms with van der Waals surface area (Å²) in [6, 6.07) is 1.09. The van der Waals surface area contributed by atoms with Crippen molar-refractivity contribution in [1.29, 1.82) is 0 Å². The highest BCUT2D eigenvalue weighted by Gasteiger charge is 2.17.